The van der Waals surface area contributed by atoms with Crippen molar-refractivity contribution in [2.75, 3.05) is 13.7 Å². The number of methoxy groups -OCH3 is 1. The number of hydrogen-bond acceptors (Lipinski definition) is 3. The molecule has 0 spiro atoms. The molecule has 0 aromatic heterocycles. The lowest BCUT2D eigenvalue weighted by Crippen LogP contribution is -2.16. The quantitative estimate of drug-likeness (QED) is 0.489. The Morgan fingerprint density at radius 2 is 2.08 bits per heavy atom. The van der Waals surface area contributed by atoms with E-state index in [1.165, 1.54) is 7.11 Å². The highest BCUT2D eigenvalue weighted by Crippen LogP contribution is 2.16. The van der Waals surface area contributed by atoms with Crippen LogP contribution >= 0.6 is 0 Å². The highest BCUT2D eigenvalue weighted by Gasteiger charge is 2.16. The topological polar surface area (TPSA) is 46.5 Å². The maximum absolute atomic E-state index is 11.2. The average Bonchev–Trinajstić information content (AvgIpc) is 2.16. The molecule has 0 aliphatic carbocycles. The fourth-order valence-electron chi connectivity index (χ4n) is 1.40. The van der Waals surface area contributed by atoms with E-state index in [4.69, 9.17) is 9.84 Å². The first-order chi connectivity index (χ1) is 6.26. The highest BCUT2D eigenvalue weighted by atomic mass is 16.5. The van der Waals surface area contributed by atoms with Gasteiger partial charge in [-0.15, -0.1) is 0 Å². The van der Waals surface area contributed by atoms with Crippen LogP contribution in [0.5, 0.6) is 0 Å². The number of unbranched alkanes of at least 4 members (excludes halogenated alkanes) is 1. The van der Waals surface area contributed by atoms with Crippen LogP contribution in [0.3, 0.4) is 0 Å². The third kappa shape index (κ3) is 5.64. The Kier molecular flexibility index (Phi) is 7.69. The normalized spacial score (nSPS) is 12.5. The van der Waals surface area contributed by atoms with E-state index in [0.29, 0.717) is 0 Å². The number of aliphatic hydroxyl groups is 1. The van der Waals surface area contributed by atoms with Gasteiger partial charge in [-0.3, -0.25) is 4.79 Å². The van der Waals surface area contributed by atoms with E-state index in [-0.39, 0.29) is 18.5 Å². The van der Waals surface area contributed by atoms with Crippen molar-refractivity contribution in [1.29, 1.82) is 0 Å². The van der Waals surface area contributed by atoms with E-state index < -0.39 is 0 Å². The van der Waals surface area contributed by atoms with Crippen molar-refractivity contribution in [2.24, 2.45) is 5.92 Å². The Morgan fingerprint density at radius 1 is 1.38 bits per heavy atom. The van der Waals surface area contributed by atoms with Gasteiger partial charge in [0.2, 0.25) is 0 Å². The molecule has 0 aromatic rings. The van der Waals surface area contributed by atoms with E-state index in [2.05, 4.69) is 6.92 Å². The fourth-order valence-corrected chi connectivity index (χ4v) is 1.40. The molecule has 3 nitrogen and oxygen atoms in total. The van der Waals surface area contributed by atoms with Gasteiger partial charge < -0.3 is 9.84 Å². The zero-order chi connectivity index (χ0) is 10.1. The molecule has 3 heteroatoms. The second-order valence-corrected chi connectivity index (χ2v) is 3.23. The minimum absolute atomic E-state index is 0.0292. The number of carbonyl (C=O) groups excluding carboxylic acids is 1. The van der Waals surface area contributed by atoms with Crippen molar-refractivity contribution in [1.82, 2.24) is 0 Å². The summed E-state index contributed by atoms with van der Waals surface area (Å²) in [5, 5.41) is 8.59. The molecule has 0 saturated carbocycles. The van der Waals surface area contributed by atoms with E-state index >= 15 is 0 Å². The van der Waals surface area contributed by atoms with Gasteiger partial charge in [0, 0.05) is 6.61 Å². The van der Waals surface area contributed by atoms with Crippen LogP contribution in [0.1, 0.15) is 39.0 Å². The monoisotopic (exact) mass is 188 g/mol. The largest absolute Gasteiger partial charge is 0.469 e. The SMILES string of the molecule is CCCC(CCCCO)C(=O)OC. The Bertz CT molecular complexity index is 134. The maximum atomic E-state index is 11.2. The Balaban J connectivity index is 3.73. The van der Waals surface area contributed by atoms with Gasteiger partial charge in [0.25, 0.3) is 0 Å². The van der Waals surface area contributed by atoms with E-state index in [0.717, 1.165) is 32.1 Å². The van der Waals surface area contributed by atoms with Crippen LogP contribution in [0.4, 0.5) is 0 Å². The molecule has 13 heavy (non-hydrogen) atoms. The summed E-state index contributed by atoms with van der Waals surface area (Å²) in [5.74, 6) is -0.0821. The second-order valence-electron chi connectivity index (χ2n) is 3.23. The van der Waals surface area contributed by atoms with Crippen LogP contribution < -0.4 is 0 Å². The van der Waals surface area contributed by atoms with E-state index in [1.807, 2.05) is 0 Å². The van der Waals surface area contributed by atoms with E-state index in [1.54, 1.807) is 0 Å². The van der Waals surface area contributed by atoms with Gasteiger partial charge in [-0.1, -0.05) is 19.8 Å². The third-order valence-corrected chi connectivity index (χ3v) is 2.13. The van der Waals surface area contributed by atoms with Crippen molar-refractivity contribution in [3.05, 3.63) is 0 Å². The number of rotatable bonds is 7. The molecule has 0 heterocycles. The number of hydrogen-bond donors (Lipinski definition) is 1. The van der Waals surface area contributed by atoms with Crippen LogP contribution in [0.25, 0.3) is 0 Å². The molecule has 0 radical (unpaired) electrons. The lowest BCUT2D eigenvalue weighted by atomic mass is 9.97. The van der Waals surface area contributed by atoms with Crippen LogP contribution in [0.2, 0.25) is 0 Å². The van der Waals surface area contributed by atoms with Crippen molar-refractivity contribution >= 4 is 5.97 Å². The number of ether oxygens (including phenoxy) is 1. The Hall–Kier alpha value is -0.570. The third-order valence-electron chi connectivity index (χ3n) is 2.13. The van der Waals surface area contributed by atoms with Crippen molar-refractivity contribution in [3.63, 3.8) is 0 Å². The molecule has 0 bridgehead atoms. The standard InChI is InChI=1S/C10H20O3/c1-3-6-9(10(12)13-2)7-4-5-8-11/h9,11H,3-8H2,1-2H3. The predicted octanol–water partition coefficient (Wildman–Crippen LogP) is 1.74. The summed E-state index contributed by atoms with van der Waals surface area (Å²) in [6, 6.07) is 0. The van der Waals surface area contributed by atoms with Gasteiger partial charge in [0.05, 0.1) is 13.0 Å². The predicted molar refractivity (Wildman–Crippen MR) is 51.4 cm³/mol. The van der Waals surface area contributed by atoms with Crippen LogP contribution in [-0.2, 0) is 9.53 Å². The first kappa shape index (κ1) is 12.4. The number of carbonyl (C=O) groups is 1. The average molecular weight is 188 g/mol. The lowest BCUT2D eigenvalue weighted by molar-refractivity contribution is -0.146. The molecule has 1 unspecified atom stereocenters. The minimum atomic E-state index is -0.111. The molecular weight excluding hydrogens is 168 g/mol. The molecule has 78 valence electrons. The van der Waals surface area contributed by atoms with Crippen LogP contribution in [0.15, 0.2) is 0 Å². The molecule has 0 aromatic carbocycles. The summed E-state index contributed by atoms with van der Waals surface area (Å²) < 4.78 is 4.69. The van der Waals surface area contributed by atoms with Gasteiger partial charge in [0.1, 0.15) is 0 Å². The Morgan fingerprint density at radius 3 is 2.54 bits per heavy atom. The summed E-state index contributed by atoms with van der Waals surface area (Å²) in [6.07, 6.45) is 4.39. The maximum Gasteiger partial charge on any atom is 0.308 e. The van der Waals surface area contributed by atoms with Crippen molar-refractivity contribution in [2.45, 2.75) is 39.0 Å². The summed E-state index contributed by atoms with van der Waals surface area (Å²) in [4.78, 5) is 11.2. The second kappa shape index (κ2) is 8.05. The van der Waals surface area contributed by atoms with Gasteiger partial charge in [-0.05, 0) is 19.3 Å². The summed E-state index contributed by atoms with van der Waals surface area (Å²) in [5.41, 5.74) is 0. The lowest BCUT2D eigenvalue weighted by Gasteiger charge is -2.12. The minimum Gasteiger partial charge on any atom is -0.469 e. The van der Waals surface area contributed by atoms with Gasteiger partial charge in [-0.25, -0.2) is 0 Å². The smallest absolute Gasteiger partial charge is 0.308 e. The first-order valence-electron chi connectivity index (χ1n) is 4.95. The molecule has 0 aliphatic heterocycles. The van der Waals surface area contributed by atoms with E-state index in [9.17, 15) is 4.79 Å². The highest BCUT2D eigenvalue weighted by molar-refractivity contribution is 5.72. The van der Waals surface area contributed by atoms with Crippen molar-refractivity contribution in [3.8, 4) is 0 Å². The summed E-state index contributed by atoms with van der Waals surface area (Å²) in [7, 11) is 1.43. The number of esters is 1. The summed E-state index contributed by atoms with van der Waals surface area (Å²) >= 11 is 0. The molecule has 0 saturated heterocycles. The zero-order valence-corrected chi connectivity index (χ0v) is 8.58. The molecule has 0 fully saturated rings. The van der Waals surface area contributed by atoms with Gasteiger partial charge in [0.15, 0.2) is 0 Å². The number of aliphatic hydroxyl groups excluding tert-OH is 1. The van der Waals surface area contributed by atoms with Gasteiger partial charge >= 0.3 is 5.97 Å². The van der Waals surface area contributed by atoms with Gasteiger partial charge in [-0.2, -0.15) is 0 Å². The molecule has 1 atom stereocenters. The first-order valence-corrected chi connectivity index (χ1v) is 4.95. The van der Waals surface area contributed by atoms with Crippen molar-refractivity contribution < 1.29 is 14.6 Å². The zero-order valence-electron chi connectivity index (χ0n) is 8.58. The Labute approximate surface area is 80.1 Å². The van der Waals surface area contributed by atoms with Crippen LogP contribution in [-0.4, -0.2) is 24.8 Å². The fraction of sp³-hybridized carbons (Fsp3) is 0.900. The molecule has 0 aliphatic rings. The molecule has 1 N–H and O–H groups in total. The molecule has 0 amide bonds. The molecular formula is C10H20O3. The summed E-state index contributed by atoms with van der Waals surface area (Å²) in [6.45, 7) is 2.27. The molecule has 0 rings (SSSR count). The van der Waals surface area contributed by atoms with Crippen LogP contribution in [0, 0.1) is 5.92 Å².